The summed E-state index contributed by atoms with van der Waals surface area (Å²) in [6, 6.07) is 3.65. The van der Waals surface area contributed by atoms with E-state index in [1.54, 1.807) is 12.3 Å². The second kappa shape index (κ2) is 7.97. The van der Waals surface area contributed by atoms with E-state index in [2.05, 4.69) is 4.98 Å². The van der Waals surface area contributed by atoms with Gasteiger partial charge in [-0.2, -0.15) is 0 Å². The number of nitrogens with zero attached hydrogens (tertiary/aromatic N) is 1. The van der Waals surface area contributed by atoms with Crippen LogP contribution in [0.5, 0.6) is 5.88 Å². The van der Waals surface area contributed by atoms with E-state index in [0.29, 0.717) is 38.5 Å². The van der Waals surface area contributed by atoms with Crippen LogP contribution in [0.15, 0.2) is 18.3 Å². The van der Waals surface area contributed by atoms with Crippen molar-refractivity contribution in [3.05, 3.63) is 23.9 Å². The summed E-state index contributed by atoms with van der Waals surface area (Å²) in [6.45, 7) is 1.65. The maximum Gasteiger partial charge on any atom is 0.314 e. The van der Waals surface area contributed by atoms with Crippen molar-refractivity contribution in [2.24, 2.45) is 5.92 Å². The van der Waals surface area contributed by atoms with Gasteiger partial charge in [-0.15, -0.1) is 0 Å². The molecule has 0 spiro atoms. The lowest BCUT2D eigenvalue weighted by Gasteiger charge is -2.33. The Morgan fingerprint density at radius 1 is 1.25 bits per heavy atom. The van der Waals surface area contributed by atoms with Crippen LogP contribution < -0.4 is 4.74 Å². The molecule has 1 saturated heterocycles. The topological polar surface area (TPSA) is 68.7 Å². The van der Waals surface area contributed by atoms with Crippen molar-refractivity contribution in [1.29, 1.82) is 0 Å². The summed E-state index contributed by atoms with van der Waals surface area (Å²) in [7, 11) is 0. The summed E-state index contributed by atoms with van der Waals surface area (Å²) in [5, 5.41) is 9.68. The predicted molar refractivity (Wildman–Crippen MR) is 90.3 cm³/mol. The van der Waals surface area contributed by atoms with E-state index in [4.69, 9.17) is 9.47 Å². The fourth-order valence-electron chi connectivity index (χ4n) is 3.90. The molecule has 5 nitrogen and oxygen atoms in total. The largest absolute Gasteiger partial charge is 0.481 e. The summed E-state index contributed by atoms with van der Waals surface area (Å²) >= 11 is 0. The Kier molecular flexibility index (Phi) is 5.72. The fourth-order valence-corrected chi connectivity index (χ4v) is 3.90. The lowest BCUT2D eigenvalue weighted by atomic mass is 9.75. The zero-order chi connectivity index (χ0) is 16.8. The second-order valence-corrected chi connectivity index (χ2v) is 7.03. The van der Waals surface area contributed by atoms with Gasteiger partial charge in [0.15, 0.2) is 0 Å². The zero-order valence-electron chi connectivity index (χ0n) is 14.2. The van der Waals surface area contributed by atoms with Crippen molar-refractivity contribution in [2.45, 2.75) is 56.8 Å². The van der Waals surface area contributed by atoms with E-state index in [1.165, 1.54) is 32.1 Å². The first-order valence-electron chi connectivity index (χ1n) is 9.11. The average molecular weight is 333 g/mol. The SMILES string of the molecule is O=C(O)C1(c2ccc(OCCC3CCCCC3)nc2)CCOCC1. The lowest BCUT2D eigenvalue weighted by molar-refractivity contribution is -0.147. The highest BCUT2D eigenvalue weighted by molar-refractivity contribution is 5.81. The highest BCUT2D eigenvalue weighted by Gasteiger charge is 2.42. The maximum atomic E-state index is 11.8. The Balaban J connectivity index is 1.57. The molecule has 0 unspecified atom stereocenters. The number of rotatable bonds is 6. The molecule has 0 aromatic carbocycles. The Morgan fingerprint density at radius 3 is 2.62 bits per heavy atom. The van der Waals surface area contributed by atoms with Crippen LogP contribution in [-0.2, 0) is 14.9 Å². The molecule has 2 aliphatic rings. The molecule has 1 N–H and O–H groups in total. The molecule has 132 valence electrons. The molecule has 1 saturated carbocycles. The van der Waals surface area contributed by atoms with Crippen LogP contribution in [0.2, 0.25) is 0 Å². The molecule has 0 amide bonds. The van der Waals surface area contributed by atoms with Crippen LogP contribution in [-0.4, -0.2) is 35.9 Å². The third-order valence-electron chi connectivity index (χ3n) is 5.55. The number of hydrogen-bond acceptors (Lipinski definition) is 4. The molecule has 5 heteroatoms. The van der Waals surface area contributed by atoms with E-state index < -0.39 is 11.4 Å². The van der Waals surface area contributed by atoms with Gasteiger partial charge in [0, 0.05) is 25.5 Å². The Labute approximate surface area is 143 Å². The Bertz CT molecular complexity index is 531. The van der Waals surface area contributed by atoms with Crippen molar-refractivity contribution in [2.75, 3.05) is 19.8 Å². The van der Waals surface area contributed by atoms with Crippen LogP contribution in [0, 0.1) is 5.92 Å². The van der Waals surface area contributed by atoms with Gasteiger partial charge in [0.1, 0.15) is 0 Å². The van der Waals surface area contributed by atoms with Gasteiger partial charge in [-0.1, -0.05) is 38.2 Å². The molecule has 2 fully saturated rings. The molecule has 1 aromatic heterocycles. The first-order valence-corrected chi connectivity index (χ1v) is 9.11. The summed E-state index contributed by atoms with van der Waals surface area (Å²) < 4.78 is 11.1. The summed E-state index contributed by atoms with van der Waals surface area (Å²) in [5.41, 5.74) is -0.121. The number of aliphatic carboxylic acids is 1. The van der Waals surface area contributed by atoms with Crippen molar-refractivity contribution in [1.82, 2.24) is 4.98 Å². The first-order chi connectivity index (χ1) is 11.7. The quantitative estimate of drug-likeness (QED) is 0.862. The molecule has 1 aliphatic carbocycles. The van der Waals surface area contributed by atoms with Gasteiger partial charge in [0.2, 0.25) is 5.88 Å². The monoisotopic (exact) mass is 333 g/mol. The van der Waals surface area contributed by atoms with Crippen LogP contribution in [0.1, 0.15) is 56.9 Å². The second-order valence-electron chi connectivity index (χ2n) is 7.03. The van der Waals surface area contributed by atoms with E-state index in [1.807, 2.05) is 6.07 Å². The third kappa shape index (κ3) is 3.89. The molecular weight excluding hydrogens is 306 g/mol. The molecule has 1 aliphatic heterocycles. The normalized spacial score (nSPS) is 21.3. The highest BCUT2D eigenvalue weighted by atomic mass is 16.5. The van der Waals surface area contributed by atoms with Crippen molar-refractivity contribution in [3.8, 4) is 5.88 Å². The molecule has 3 rings (SSSR count). The number of ether oxygens (including phenoxy) is 2. The first kappa shape index (κ1) is 17.2. The van der Waals surface area contributed by atoms with Crippen molar-refractivity contribution < 1.29 is 19.4 Å². The molecule has 2 heterocycles. The predicted octanol–water partition coefficient (Wildman–Crippen LogP) is 3.56. The molecule has 0 atom stereocenters. The van der Waals surface area contributed by atoms with Gasteiger partial charge in [0.05, 0.1) is 12.0 Å². The van der Waals surface area contributed by atoms with Gasteiger partial charge in [-0.25, -0.2) is 4.98 Å². The van der Waals surface area contributed by atoms with Gasteiger partial charge in [0.25, 0.3) is 0 Å². The molecular formula is C19H27NO4. The molecule has 24 heavy (non-hydrogen) atoms. The average Bonchev–Trinajstić information content (AvgIpc) is 2.64. The van der Waals surface area contributed by atoms with Crippen molar-refractivity contribution in [3.63, 3.8) is 0 Å². The van der Waals surface area contributed by atoms with Crippen LogP contribution in [0.3, 0.4) is 0 Å². The number of carboxylic acids is 1. The number of aromatic nitrogens is 1. The molecule has 1 aromatic rings. The van der Waals surface area contributed by atoms with Gasteiger partial charge in [-0.3, -0.25) is 4.79 Å². The minimum absolute atomic E-state index is 0.478. The smallest absolute Gasteiger partial charge is 0.314 e. The highest BCUT2D eigenvalue weighted by Crippen LogP contribution is 2.35. The van der Waals surface area contributed by atoms with Gasteiger partial charge in [-0.05, 0) is 30.7 Å². The van der Waals surface area contributed by atoms with Gasteiger partial charge >= 0.3 is 5.97 Å². The van der Waals surface area contributed by atoms with E-state index >= 15 is 0 Å². The zero-order valence-corrected chi connectivity index (χ0v) is 14.2. The maximum absolute atomic E-state index is 11.8. The van der Waals surface area contributed by atoms with Crippen LogP contribution in [0.25, 0.3) is 0 Å². The number of carboxylic acid groups (broad SMARTS) is 1. The third-order valence-corrected chi connectivity index (χ3v) is 5.55. The van der Waals surface area contributed by atoms with Crippen molar-refractivity contribution >= 4 is 5.97 Å². The summed E-state index contributed by atoms with van der Waals surface area (Å²) in [6.07, 6.45) is 10.4. The molecule has 0 bridgehead atoms. The number of hydrogen-bond donors (Lipinski definition) is 1. The van der Waals surface area contributed by atoms with Crippen LogP contribution in [0.4, 0.5) is 0 Å². The molecule has 0 radical (unpaired) electrons. The minimum atomic E-state index is -0.869. The number of carbonyl (C=O) groups is 1. The Hall–Kier alpha value is -1.62. The van der Waals surface area contributed by atoms with E-state index in [-0.39, 0.29) is 0 Å². The van der Waals surface area contributed by atoms with E-state index in [9.17, 15) is 9.90 Å². The summed E-state index contributed by atoms with van der Waals surface area (Å²) in [5.74, 6) is 0.580. The lowest BCUT2D eigenvalue weighted by Crippen LogP contribution is -2.41. The van der Waals surface area contributed by atoms with E-state index in [0.717, 1.165) is 17.9 Å². The Morgan fingerprint density at radius 2 is 2.00 bits per heavy atom. The summed E-state index contributed by atoms with van der Waals surface area (Å²) in [4.78, 5) is 16.1. The minimum Gasteiger partial charge on any atom is -0.481 e. The number of pyridine rings is 1. The van der Waals surface area contributed by atoms with Crippen LogP contribution >= 0.6 is 0 Å². The fraction of sp³-hybridized carbons (Fsp3) is 0.684. The standard InChI is InChI=1S/C19H27NO4/c21-18(22)19(9-12-23-13-10-19)16-6-7-17(20-14-16)24-11-8-15-4-2-1-3-5-15/h6-7,14-15H,1-5,8-13H2,(H,21,22). The van der Waals surface area contributed by atoms with Gasteiger partial charge < -0.3 is 14.6 Å².